The Morgan fingerprint density at radius 2 is 1.76 bits per heavy atom. The highest BCUT2D eigenvalue weighted by Crippen LogP contribution is 2.25. The Balaban J connectivity index is 1.94. The minimum atomic E-state index is -0.0702. The fourth-order valence-corrected chi connectivity index (χ4v) is 2.92. The van der Waals surface area contributed by atoms with Gasteiger partial charge in [-0.3, -0.25) is 9.59 Å². The Kier molecular flexibility index (Phi) is 7.06. The molecule has 1 aromatic rings. The Morgan fingerprint density at radius 3 is 2.28 bits per heavy atom. The lowest BCUT2D eigenvalue weighted by molar-refractivity contribution is -0.126. The number of rotatable bonds is 7. The molecule has 1 fully saturated rings. The second kappa shape index (κ2) is 9.27. The Morgan fingerprint density at radius 1 is 1.16 bits per heavy atom. The largest absolute Gasteiger partial charge is 0.497 e. The molecular weight excluding hydrogens is 322 g/mol. The maximum Gasteiger partial charge on any atom is 0.254 e. The maximum absolute atomic E-state index is 12.7. The van der Waals surface area contributed by atoms with Crippen LogP contribution in [0.3, 0.4) is 0 Å². The molecule has 1 saturated heterocycles. The number of nitrogens with one attached hydrogen (secondary N) is 1. The summed E-state index contributed by atoms with van der Waals surface area (Å²) in [5.74, 6) is 1.11. The van der Waals surface area contributed by atoms with Crippen molar-refractivity contribution in [2.45, 2.75) is 19.3 Å². The number of methoxy groups -OCH3 is 2. The molecule has 1 heterocycles. The predicted octanol–water partition coefficient (Wildman–Crippen LogP) is 1.02. The highest BCUT2D eigenvalue weighted by atomic mass is 16.5. The van der Waals surface area contributed by atoms with E-state index in [-0.39, 0.29) is 17.7 Å². The Labute approximate surface area is 148 Å². The molecule has 0 radical (unpaired) electrons. The van der Waals surface area contributed by atoms with E-state index >= 15 is 0 Å². The number of carbonyl (C=O) groups excluding carboxylic acids is 2. The van der Waals surface area contributed by atoms with E-state index < -0.39 is 0 Å². The average Bonchev–Trinajstić information content (AvgIpc) is 2.67. The third kappa shape index (κ3) is 5.09. The first kappa shape index (κ1) is 19.1. The summed E-state index contributed by atoms with van der Waals surface area (Å²) in [5, 5.41) is 2.90. The molecule has 0 saturated carbocycles. The molecule has 0 bridgehead atoms. The lowest BCUT2D eigenvalue weighted by atomic mass is 9.95. The summed E-state index contributed by atoms with van der Waals surface area (Å²) in [5.41, 5.74) is 5.96. The number of hydrogen-bond donors (Lipinski definition) is 2. The van der Waals surface area contributed by atoms with Gasteiger partial charge in [-0.1, -0.05) is 0 Å². The van der Waals surface area contributed by atoms with Crippen LogP contribution in [-0.4, -0.2) is 57.1 Å². The first-order valence-electron chi connectivity index (χ1n) is 8.59. The van der Waals surface area contributed by atoms with Crippen LogP contribution in [0.25, 0.3) is 0 Å². The van der Waals surface area contributed by atoms with Gasteiger partial charge in [0.1, 0.15) is 11.5 Å². The van der Waals surface area contributed by atoms with Crippen molar-refractivity contribution in [3.63, 3.8) is 0 Å². The molecule has 3 N–H and O–H groups in total. The smallest absolute Gasteiger partial charge is 0.254 e. The van der Waals surface area contributed by atoms with Crippen molar-refractivity contribution in [1.82, 2.24) is 10.2 Å². The summed E-state index contributed by atoms with van der Waals surface area (Å²) in [6, 6.07) is 5.14. The highest BCUT2D eigenvalue weighted by molar-refractivity contribution is 5.95. The summed E-state index contributed by atoms with van der Waals surface area (Å²) in [6.07, 6.45) is 2.11. The first-order chi connectivity index (χ1) is 12.1. The van der Waals surface area contributed by atoms with Crippen LogP contribution >= 0.6 is 0 Å². The summed E-state index contributed by atoms with van der Waals surface area (Å²) < 4.78 is 10.4. The van der Waals surface area contributed by atoms with Crippen LogP contribution in [0.2, 0.25) is 0 Å². The quantitative estimate of drug-likeness (QED) is 0.717. The van der Waals surface area contributed by atoms with E-state index in [4.69, 9.17) is 15.2 Å². The van der Waals surface area contributed by atoms with Gasteiger partial charge in [-0.2, -0.15) is 0 Å². The van der Waals surface area contributed by atoms with Crippen LogP contribution in [0, 0.1) is 5.92 Å². The van der Waals surface area contributed by atoms with Gasteiger partial charge in [-0.25, -0.2) is 0 Å². The highest BCUT2D eigenvalue weighted by Gasteiger charge is 2.28. The second-order valence-electron chi connectivity index (χ2n) is 6.10. The second-order valence-corrected chi connectivity index (χ2v) is 6.10. The van der Waals surface area contributed by atoms with Crippen molar-refractivity contribution >= 4 is 11.8 Å². The minimum absolute atomic E-state index is 0.0401. The number of likely N-dealkylation sites (tertiary alicyclic amines) is 1. The monoisotopic (exact) mass is 349 g/mol. The van der Waals surface area contributed by atoms with E-state index in [1.165, 1.54) is 0 Å². The topological polar surface area (TPSA) is 93.9 Å². The van der Waals surface area contributed by atoms with Gasteiger partial charge in [0.05, 0.1) is 14.2 Å². The van der Waals surface area contributed by atoms with Gasteiger partial charge in [0, 0.05) is 37.2 Å². The zero-order valence-electron chi connectivity index (χ0n) is 14.9. The molecule has 1 aromatic carbocycles. The number of amides is 2. The van der Waals surface area contributed by atoms with Crippen molar-refractivity contribution in [3.8, 4) is 11.5 Å². The number of ether oxygens (including phenoxy) is 2. The Hall–Kier alpha value is -2.28. The molecular formula is C18H27N3O4. The van der Waals surface area contributed by atoms with E-state index in [9.17, 15) is 9.59 Å². The molecule has 25 heavy (non-hydrogen) atoms. The van der Waals surface area contributed by atoms with Crippen molar-refractivity contribution < 1.29 is 19.1 Å². The van der Waals surface area contributed by atoms with E-state index in [1.54, 1.807) is 37.3 Å². The van der Waals surface area contributed by atoms with Crippen molar-refractivity contribution in [2.75, 3.05) is 40.4 Å². The number of hydrogen-bond acceptors (Lipinski definition) is 5. The number of piperidine rings is 1. The van der Waals surface area contributed by atoms with Gasteiger partial charge in [0.25, 0.3) is 5.91 Å². The standard InChI is InChI=1S/C18H27N3O4/c1-24-15-10-14(11-16(12-15)25-2)18(23)21-8-4-13(5-9-21)17(22)20-7-3-6-19/h10-13H,3-9,19H2,1-2H3,(H,20,22). The molecule has 0 aromatic heterocycles. The molecule has 7 nitrogen and oxygen atoms in total. The molecule has 7 heteroatoms. The van der Waals surface area contributed by atoms with Crippen LogP contribution in [0.5, 0.6) is 11.5 Å². The Bertz CT molecular complexity index is 576. The molecule has 0 unspecified atom stereocenters. The molecule has 0 aliphatic carbocycles. The van der Waals surface area contributed by atoms with E-state index in [0.29, 0.717) is 56.1 Å². The summed E-state index contributed by atoms with van der Waals surface area (Å²) >= 11 is 0. The van der Waals surface area contributed by atoms with Crippen molar-refractivity contribution in [3.05, 3.63) is 23.8 Å². The number of nitrogens with zero attached hydrogens (tertiary/aromatic N) is 1. The molecule has 0 spiro atoms. The summed E-state index contributed by atoms with van der Waals surface area (Å²) in [4.78, 5) is 26.6. The third-order valence-corrected chi connectivity index (χ3v) is 4.43. The zero-order valence-corrected chi connectivity index (χ0v) is 14.9. The number of carbonyl (C=O) groups is 2. The minimum Gasteiger partial charge on any atom is -0.497 e. The van der Waals surface area contributed by atoms with Crippen LogP contribution in [0.1, 0.15) is 29.6 Å². The SMILES string of the molecule is COc1cc(OC)cc(C(=O)N2CCC(C(=O)NCCCN)CC2)c1. The number of nitrogens with two attached hydrogens (primary N) is 1. The lowest BCUT2D eigenvalue weighted by Gasteiger charge is -2.31. The zero-order chi connectivity index (χ0) is 18.2. The maximum atomic E-state index is 12.7. The first-order valence-corrected chi connectivity index (χ1v) is 8.59. The third-order valence-electron chi connectivity index (χ3n) is 4.43. The molecule has 138 valence electrons. The van der Waals surface area contributed by atoms with Gasteiger partial charge in [-0.15, -0.1) is 0 Å². The average molecular weight is 349 g/mol. The van der Waals surface area contributed by atoms with Crippen LogP contribution in [-0.2, 0) is 4.79 Å². The van der Waals surface area contributed by atoms with Gasteiger partial charge < -0.3 is 25.4 Å². The van der Waals surface area contributed by atoms with E-state index in [2.05, 4.69) is 5.32 Å². The van der Waals surface area contributed by atoms with Crippen LogP contribution in [0.15, 0.2) is 18.2 Å². The van der Waals surface area contributed by atoms with Gasteiger partial charge >= 0.3 is 0 Å². The fourth-order valence-electron chi connectivity index (χ4n) is 2.92. The molecule has 1 aliphatic heterocycles. The fraction of sp³-hybridized carbons (Fsp3) is 0.556. The lowest BCUT2D eigenvalue weighted by Crippen LogP contribution is -2.43. The molecule has 2 amide bonds. The number of benzene rings is 1. The van der Waals surface area contributed by atoms with E-state index in [1.807, 2.05) is 0 Å². The molecule has 2 rings (SSSR count). The molecule has 0 atom stereocenters. The van der Waals surface area contributed by atoms with E-state index in [0.717, 1.165) is 6.42 Å². The van der Waals surface area contributed by atoms with Crippen LogP contribution in [0.4, 0.5) is 0 Å². The molecule has 1 aliphatic rings. The van der Waals surface area contributed by atoms with Gasteiger partial charge in [-0.05, 0) is 37.9 Å². The van der Waals surface area contributed by atoms with Gasteiger partial charge in [0.15, 0.2) is 0 Å². The summed E-state index contributed by atoms with van der Waals surface area (Å²) in [7, 11) is 3.11. The normalized spacial score (nSPS) is 14.9. The van der Waals surface area contributed by atoms with Crippen molar-refractivity contribution in [2.24, 2.45) is 11.7 Å². The predicted molar refractivity (Wildman–Crippen MR) is 94.9 cm³/mol. The summed E-state index contributed by atoms with van der Waals surface area (Å²) in [6.45, 7) is 2.30. The van der Waals surface area contributed by atoms with Crippen LogP contribution < -0.4 is 20.5 Å². The van der Waals surface area contributed by atoms with Crippen molar-refractivity contribution in [1.29, 1.82) is 0 Å². The van der Waals surface area contributed by atoms with Gasteiger partial charge in [0.2, 0.25) is 5.91 Å².